The number of imide groups is 1. The van der Waals surface area contributed by atoms with Gasteiger partial charge in [-0.3, -0.25) is 9.59 Å². The molecule has 0 aromatic heterocycles. The molecule has 0 unspecified atom stereocenters. The molecule has 3 rings (SSSR count). The molecule has 0 spiro atoms. The first-order chi connectivity index (χ1) is 13.3. The monoisotopic (exact) mass is 378 g/mol. The van der Waals surface area contributed by atoms with Crippen LogP contribution < -0.4 is 4.90 Å². The van der Waals surface area contributed by atoms with Gasteiger partial charge in [-0.2, -0.15) is 0 Å². The zero-order chi connectivity index (χ0) is 20.6. The lowest BCUT2D eigenvalue weighted by molar-refractivity contribution is -0.120. The summed E-state index contributed by atoms with van der Waals surface area (Å²) in [4.78, 5) is 29.6. The zero-order valence-electron chi connectivity index (χ0n) is 17.0. The molecule has 0 atom stereocenters. The maximum Gasteiger partial charge on any atom is 0.282 e. The third-order valence-electron chi connectivity index (χ3n) is 5.42. The molecule has 0 radical (unpaired) electrons. The van der Waals surface area contributed by atoms with Crippen LogP contribution in [0.3, 0.4) is 0 Å². The lowest BCUT2D eigenvalue weighted by atomic mass is 9.99. The number of aryl methyl sites for hydroxylation is 4. The van der Waals surface area contributed by atoms with Gasteiger partial charge in [-0.15, -0.1) is 0 Å². The van der Waals surface area contributed by atoms with Crippen molar-refractivity contribution in [2.24, 2.45) is 0 Å². The summed E-state index contributed by atoms with van der Waals surface area (Å²) in [6.07, 6.45) is 0. The minimum absolute atomic E-state index is 0.106. The van der Waals surface area contributed by atoms with Crippen molar-refractivity contribution in [3.05, 3.63) is 69.9 Å². The number of aliphatic hydroxyl groups excluding tert-OH is 1. The Morgan fingerprint density at radius 1 is 0.857 bits per heavy atom. The Kier molecular flexibility index (Phi) is 5.38. The maximum atomic E-state index is 13.4. The molecule has 1 aliphatic heterocycles. The molecule has 5 heteroatoms. The molecule has 28 heavy (non-hydrogen) atoms. The minimum Gasteiger partial charge on any atom is -0.395 e. The first-order valence-electron chi connectivity index (χ1n) is 9.36. The number of hydrogen-bond acceptors (Lipinski definition) is 4. The highest BCUT2D eigenvalue weighted by molar-refractivity contribution is 6.45. The first-order valence-corrected chi connectivity index (χ1v) is 9.36. The summed E-state index contributed by atoms with van der Waals surface area (Å²) < 4.78 is 0. The molecule has 1 N–H and O–H groups in total. The number of nitrogens with zero attached hydrogens (tertiary/aromatic N) is 2. The molecule has 2 amide bonds. The Labute approximate surface area is 165 Å². The Hall–Kier alpha value is -2.92. The van der Waals surface area contributed by atoms with E-state index in [4.69, 9.17) is 0 Å². The van der Waals surface area contributed by atoms with Crippen LogP contribution >= 0.6 is 0 Å². The summed E-state index contributed by atoms with van der Waals surface area (Å²) in [6, 6.07) is 11.3. The normalized spacial score (nSPS) is 14.3. The number of carbonyl (C=O) groups is 2. The Balaban J connectivity index is 2.16. The largest absolute Gasteiger partial charge is 0.395 e. The van der Waals surface area contributed by atoms with Gasteiger partial charge in [-0.1, -0.05) is 24.3 Å². The molecule has 146 valence electrons. The van der Waals surface area contributed by atoms with Crippen molar-refractivity contribution in [3.8, 4) is 0 Å². The second-order valence-electron chi connectivity index (χ2n) is 7.38. The smallest absolute Gasteiger partial charge is 0.282 e. The fourth-order valence-electron chi connectivity index (χ4n) is 3.39. The second-order valence-corrected chi connectivity index (χ2v) is 7.38. The van der Waals surface area contributed by atoms with Gasteiger partial charge in [0.15, 0.2) is 0 Å². The number of hydrogen-bond donors (Lipinski definition) is 1. The Morgan fingerprint density at radius 2 is 1.46 bits per heavy atom. The van der Waals surface area contributed by atoms with Gasteiger partial charge in [0.1, 0.15) is 5.70 Å². The molecule has 0 bridgehead atoms. The SMILES string of the molecule is Cc1ccc(C2=C(N(C)CCO)C(=O)N(c3ccc(C)c(C)c3)C2=O)cc1C. The summed E-state index contributed by atoms with van der Waals surface area (Å²) in [5.41, 5.74) is 6.27. The van der Waals surface area contributed by atoms with Crippen LogP contribution in [-0.4, -0.2) is 42.0 Å². The van der Waals surface area contributed by atoms with Crippen molar-refractivity contribution >= 4 is 23.1 Å². The standard InChI is InChI=1S/C23H26N2O3/c1-14-6-8-18(12-16(14)3)20-21(24(5)10-11-26)23(28)25(22(20)27)19-9-7-15(2)17(4)13-19/h6-9,12-13,26H,10-11H2,1-5H3. The van der Waals surface area contributed by atoms with Crippen LogP contribution in [0, 0.1) is 27.7 Å². The number of aliphatic hydroxyl groups is 1. The molecule has 0 saturated carbocycles. The quantitative estimate of drug-likeness (QED) is 0.812. The summed E-state index contributed by atoms with van der Waals surface area (Å²) >= 11 is 0. The minimum atomic E-state index is -0.363. The van der Waals surface area contributed by atoms with Crippen LogP contribution in [0.1, 0.15) is 27.8 Å². The van der Waals surface area contributed by atoms with Crippen molar-refractivity contribution in [2.45, 2.75) is 27.7 Å². The van der Waals surface area contributed by atoms with E-state index in [1.54, 1.807) is 18.0 Å². The molecular weight excluding hydrogens is 352 g/mol. The number of rotatable bonds is 5. The summed E-state index contributed by atoms with van der Waals surface area (Å²) in [5, 5.41) is 9.36. The molecule has 2 aromatic rings. The predicted octanol–water partition coefficient (Wildman–Crippen LogP) is 3.13. The first kappa shape index (κ1) is 19.8. The van der Waals surface area contributed by atoms with Gasteiger partial charge in [0.25, 0.3) is 11.8 Å². The molecular formula is C23H26N2O3. The van der Waals surface area contributed by atoms with Gasteiger partial charge in [0.05, 0.1) is 17.9 Å². The highest BCUT2D eigenvalue weighted by Gasteiger charge is 2.41. The van der Waals surface area contributed by atoms with Gasteiger partial charge in [0.2, 0.25) is 0 Å². The third kappa shape index (κ3) is 3.34. The number of benzene rings is 2. The van der Waals surface area contributed by atoms with Crippen molar-refractivity contribution in [1.29, 1.82) is 0 Å². The Morgan fingerprint density at radius 3 is 2.04 bits per heavy atom. The highest BCUT2D eigenvalue weighted by atomic mass is 16.3. The van der Waals surface area contributed by atoms with E-state index in [2.05, 4.69) is 0 Å². The predicted molar refractivity (Wildman–Crippen MR) is 111 cm³/mol. The maximum absolute atomic E-state index is 13.4. The Bertz CT molecular complexity index is 991. The highest BCUT2D eigenvalue weighted by Crippen LogP contribution is 2.35. The van der Waals surface area contributed by atoms with Crippen molar-refractivity contribution in [3.63, 3.8) is 0 Å². The molecule has 0 aliphatic carbocycles. The van der Waals surface area contributed by atoms with Crippen molar-refractivity contribution < 1.29 is 14.7 Å². The number of carbonyl (C=O) groups excluding carboxylic acids is 2. The van der Waals surface area contributed by atoms with Gasteiger partial charge in [-0.05, 0) is 67.6 Å². The van der Waals surface area contributed by atoms with Crippen LogP contribution in [0.25, 0.3) is 5.57 Å². The van der Waals surface area contributed by atoms with E-state index in [9.17, 15) is 14.7 Å². The second kappa shape index (κ2) is 7.60. The van der Waals surface area contributed by atoms with E-state index < -0.39 is 0 Å². The molecule has 5 nitrogen and oxygen atoms in total. The van der Waals surface area contributed by atoms with Crippen molar-refractivity contribution in [1.82, 2.24) is 4.90 Å². The molecule has 0 fully saturated rings. The lowest BCUT2D eigenvalue weighted by Gasteiger charge is -2.20. The van der Waals surface area contributed by atoms with Gasteiger partial charge in [0, 0.05) is 13.6 Å². The van der Waals surface area contributed by atoms with E-state index in [1.807, 2.05) is 58.0 Å². The van der Waals surface area contributed by atoms with Crippen LogP contribution in [0.2, 0.25) is 0 Å². The topological polar surface area (TPSA) is 60.9 Å². The van der Waals surface area contributed by atoms with Crippen LogP contribution in [0.15, 0.2) is 42.1 Å². The fraction of sp³-hybridized carbons (Fsp3) is 0.304. The van der Waals surface area contributed by atoms with Crippen molar-refractivity contribution in [2.75, 3.05) is 25.1 Å². The van der Waals surface area contributed by atoms with Gasteiger partial charge >= 0.3 is 0 Å². The number of anilines is 1. The molecule has 0 saturated heterocycles. The van der Waals surface area contributed by atoms with E-state index in [0.29, 0.717) is 22.5 Å². The van der Waals surface area contributed by atoms with Crippen LogP contribution in [0.5, 0.6) is 0 Å². The molecule has 2 aromatic carbocycles. The summed E-state index contributed by atoms with van der Waals surface area (Å²) in [7, 11) is 1.72. The molecule has 1 aliphatic rings. The van der Waals surface area contributed by atoms with Crippen LogP contribution in [-0.2, 0) is 9.59 Å². The van der Waals surface area contributed by atoms with E-state index in [0.717, 1.165) is 22.3 Å². The fourth-order valence-corrected chi connectivity index (χ4v) is 3.39. The van der Waals surface area contributed by atoms with E-state index >= 15 is 0 Å². The van der Waals surface area contributed by atoms with E-state index in [1.165, 1.54) is 4.90 Å². The number of amides is 2. The zero-order valence-corrected chi connectivity index (χ0v) is 17.0. The van der Waals surface area contributed by atoms with Gasteiger partial charge in [-0.25, -0.2) is 4.90 Å². The summed E-state index contributed by atoms with van der Waals surface area (Å²) in [6.45, 7) is 8.11. The lowest BCUT2D eigenvalue weighted by Crippen LogP contribution is -2.35. The average molecular weight is 378 g/mol. The average Bonchev–Trinajstić information content (AvgIpc) is 2.91. The van der Waals surface area contributed by atoms with Gasteiger partial charge < -0.3 is 10.0 Å². The van der Waals surface area contributed by atoms with Crippen LogP contribution in [0.4, 0.5) is 5.69 Å². The summed E-state index contributed by atoms with van der Waals surface area (Å²) in [5.74, 6) is -0.700. The number of likely N-dealkylation sites (N-methyl/N-ethyl adjacent to an activating group) is 1. The van der Waals surface area contributed by atoms with E-state index in [-0.39, 0.29) is 25.0 Å². The molecule has 1 heterocycles. The third-order valence-corrected chi connectivity index (χ3v) is 5.42.